The van der Waals surface area contributed by atoms with Gasteiger partial charge in [0.1, 0.15) is 12.4 Å². The highest BCUT2D eigenvalue weighted by Gasteiger charge is 2.13. The van der Waals surface area contributed by atoms with Crippen molar-refractivity contribution < 1.29 is 4.74 Å². The van der Waals surface area contributed by atoms with Gasteiger partial charge in [0.2, 0.25) is 0 Å². The van der Waals surface area contributed by atoms with Gasteiger partial charge >= 0.3 is 0 Å². The van der Waals surface area contributed by atoms with E-state index >= 15 is 0 Å². The zero-order valence-electron chi connectivity index (χ0n) is 15.5. The second-order valence-electron chi connectivity index (χ2n) is 6.79. The number of rotatable bonds is 6. The molecule has 0 saturated heterocycles. The highest BCUT2D eigenvalue weighted by molar-refractivity contribution is 7.80. The number of thiocarbonyl (C=S) groups is 1. The van der Waals surface area contributed by atoms with E-state index in [1.54, 1.807) is 18.3 Å². The minimum absolute atomic E-state index is 0.408. The second kappa shape index (κ2) is 10.6. The molecular weight excluding hydrogens is 413 g/mol. The number of nitrogens with one attached hydrogen (secondary N) is 2. The van der Waals surface area contributed by atoms with Crippen molar-refractivity contribution in [1.29, 1.82) is 0 Å². The van der Waals surface area contributed by atoms with E-state index in [1.165, 1.54) is 32.1 Å². The first-order valence-electron chi connectivity index (χ1n) is 9.36. The molecule has 2 aromatic carbocycles. The summed E-state index contributed by atoms with van der Waals surface area (Å²) in [6, 6.07) is 13.6. The lowest BCUT2D eigenvalue weighted by atomic mass is 9.96. The van der Waals surface area contributed by atoms with Gasteiger partial charge in [-0.2, -0.15) is 5.10 Å². The van der Waals surface area contributed by atoms with E-state index in [9.17, 15) is 0 Å². The maximum atomic E-state index is 6.04. The van der Waals surface area contributed by atoms with E-state index < -0.39 is 0 Å². The fourth-order valence-corrected chi connectivity index (χ4v) is 3.65. The van der Waals surface area contributed by atoms with Crippen molar-refractivity contribution in [3.05, 3.63) is 63.6 Å². The zero-order valence-corrected chi connectivity index (χ0v) is 17.8. The summed E-state index contributed by atoms with van der Waals surface area (Å²) in [5, 5.41) is 9.17. The molecule has 1 aliphatic rings. The molecule has 0 aliphatic heterocycles. The third-order valence-corrected chi connectivity index (χ3v) is 5.52. The molecule has 0 amide bonds. The van der Waals surface area contributed by atoms with Crippen molar-refractivity contribution in [2.45, 2.75) is 44.8 Å². The van der Waals surface area contributed by atoms with Gasteiger partial charge in [-0.15, -0.1) is 0 Å². The van der Waals surface area contributed by atoms with Crippen LogP contribution in [0.2, 0.25) is 10.0 Å². The Bertz CT molecular complexity index is 838. The molecule has 148 valence electrons. The summed E-state index contributed by atoms with van der Waals surface area (Å²) in [7, 11) is 0. The topological polar surface area (TPSA) is 45.7 Å². The number of hydrogen-bond donors (Lipinski definition) is 2. The monoisotopic (exact) mass is 435 g/mol. The minimum Gasteiger partial charge on any atom is -0.489 e. The highest BCUT2D eigenvalue weighted by Crippen LogP contribution is 2.23. The Morgan fingerprint density at radius 2 is 1.93 bits per heavy atom. The van der Waals surface area contributed by atoms with Gasteiger partial charge in [-0.3, -0.25) is 5.43 Å². The number of nitrogens with zero attached hydrogens (tertiary/aromatic N) is 1. The van der Waals surface area contributed by atoms with E-state index in [-0.39, 0.29) is 0 Å². The van der Waals surface area contributed by atoms with E-state index in [4.69, 9.17) is 40.2 Å². The first-order chi connectivity index (χ1) is 13.6. The van der Waals surface area contributed by atoms with Crippen LogP contribution in [0.3, 0.4) is 0 Å². The third kappa shape index (κ3) is 6.66. The fourth-order valence-electron chi connectivity index (χ4n) is 3.11. The molecule has 7 heteroatoms. The molecule has 0 unspecified atom stereocenters. The van der Waals surface area contributed by atoms with Crippen LogP contribution >= 0.6 is 35.4 Å². The van der Waals surface area contributed by atoms with Gasteiger partial charge in [-0.25, -0.2) is 0 Å². The minimum atomic E-state index is 0.408. The normalized spacial score (nSPS) is 14.8. The lowest BCUT2D eigenvalue weighted by Crippen LogP contribution is -2.40. The molecule has 1 aliphatic carbocycles. The molecule has 1 fully saturated rings. The molecule has 0 heterocycles. The Morgan fingerprint density at radius 3 is 2.71 bits per heavy atom. The summed E-state index contributed by atoms with van der Waals surface area (Å²) in [5.74, 6) is 0.748. The molecule has 0 spiro atoms. The number of ether oxygens (including phenoxy) is 1. The number of hydrazone groups is 1. The van der Waals surface area contributed by atoms with Crippen LogP contribution < -0.4 is 15.5 Å². The van der Waals surface area contributed by atoms with Gasteiger partial charge < -0.3 is 10.1 Å². The van der Waals surface area contributed by atoms with E-state index in [2.05, 4.69) is 15.8 Å². The molecule has 28 heavy (non-hydrogen) atoms. The summed E-state index contributed by atoms with van der Waals surface area (Å²) in [5.41, 5.74) is 4.76. The largest absolute Gasteiger partial charge is 0.489 e. The average Bonchev–Trinajstić information content (AvgIpc) is 2.70. The Balaban J connectivity index is 1.48. The average molecular weight is 436 g/mol. The van der Waals surface area contributed by atoms with E-state index in [0.717, 1.165) is 16.9 Å². The van der Waals surface area contributed by atoms with Crippen LogP contribution in [-0.4, -0.2) is 17.4 Å². The van der Waals surface area contributed by atoms with E-state index in [0.29, 0.717) is 27.8 Å². The Hall–Kier alpha value is -1.82. The summed E-state index contributed by atoms with van der Waals surface area (Å²) in [6.07, 6.45) is 7.91. The lowest BCUT2D eigenvalue weighted by molar-refractivity contribution is 0.306. The van der Waals surface area contributed by atoms with Gasteiger partial charge in [0.05, 0.1) is 16.3 Å². The molecule has 3 rings (SSSR count). The van der Waals surface area contributed by atoms with Crippen molar-refractivity contribution in [1.82, 2.24) is 10.7 Å². The first kappa shape index (κ1) is 20.9. The van der Waals surface area contributed by atoms with Crippen LogP contribution in [0.25, 0.3) is 0 Å². The first-order valence-corrected chi connectivity index (χ1v) is 10.5. The van der Waals surface area contributed by atoms with Gasteiger partial charge in [0.25, 0.3) is 0 Å². The number of halogens is 2. The van der Waals surface area contributed by atoms with Crippen LogP contribution in [-0.2, 0) is 6.61 Å². The SMILES string of the molecule is S=C(N/N=C/c1cccc(OCc2ccc(Cl)c(Cl)c2)c1)NC1CCCCC1. The quantitative estimate of drug-likeness (QED) is 0.346. The van der Waals surface area contributed by atoms with Gasteiger partial charge in [0, 0.05) is 6.04 Å². The van der Waals surface area contributed by atoms with E-state index in [1.807, 2.05) is 30.3 Å². The molecule has 0 radical (unpaired) electrons. The van der Waals surface area contributed by atoms with Crippen molar-refractivity contribution in [3.63, 3.8) is 0 Å². The molecule has 0 aromatic heterocycles. The van der Waals surface area contributed by atoms with Crippen LogP contribution in [0, 0.1) is 0 Å². The third-order valence-electron chi connectivity index (χ3n) is 4.57. The predicted molar refractivity (Wildman–Crippen MR) is 121 cm³/mol. The van der Waals surface area contributed by atoms with Crippen LogP contribution in [0.1, 0.15) is 43.2 Å². The molecular formula is C21H23Cl2N3OS. The Kier molecular flexibility index (Phi) is 7.95. The number of hydrogen-bond acceptors (Lipinski definition) is 3. The maximum absolute atomic E-state index is 6.04. The van der Waals surface area contributed by atoms with Gasteiger partial charge in [0.15, 0.2) is 5.11 Å². The van der Waals surface area contributed by atoms with Crippen molar-refractivity contribution >= 4 is 46.7 Å². The van der Waals surface area contributed by atoms with Gasteiger partial charge in [-0.05, 0) is 60.5 Å². The summed E-state index contributed by atoms with van der Waals surface area (Å²) < 4.78 is 5.83. The standard InChI is InChI=1S/C21H23Cl2N3OS/c22-19-10-9-16(12-20(19)23)14-27-18-8-4-5-15(11-18)13-24-26-21(28)25-17-6-2-1-3-7-17/h4-5,8-13,17H,1-3,6-7,14H2,(H2,25,26,28)/b24-13+. The second-order valence-corrected chi connectivity index (χ2v) is 8.01. The summed E-state index contributed by atoms with van der Waals surface area (Å²) >= 11 is 17.3. The summed E-state index contributed by atoms with van der Waals surface area (Å²) in [4.78, 5) is 0. The molecule has 4 nitrogen and oxygen atoms in total. The molecule has 2 N–H and O–H groups in total. The fraction of sp³-hybridized carbons (Fsp3) is 0.333. The maximum Gasteiger partial charge on any atom is 0.187 e. The van der Waals surface area contributed by atoms with Gasteiger partial charge in [-0.1, -0.05) is 60.7 Å². The van der Waals surface area contributed by atoms with Crippen LogP contribution in [0.5, 0.6) is 5.75 Å². The van der Waals surface area contributed by atoms with Crippen molar-refractivity contribution in [3.8, 4) is 5.75 Å². The molecule has 0 atom stereocenters. The Labute approximate surface area is 181 Å². The predicted octanol–water partition coefficient (Wildman–Crippen LogP) is 5.70. The molecule has 0 bridgehead atoms. The highest BCUT2D eigenvalue weighted by atomic mass is 35.5. The molecule has 1 saturated carbocycles. The smallest absolute Gasteiger partial charge is 0.187 e. The van der Waals surface area contributed by atoms with Crippen LogP contribution in [0.4, 0.5) is 0 Å². The van der Waals surface area contributed by atoms with Crippen molar-refractivity contribution in [2.75, 3.05) is 0 Å². The van der Waals surface area contributed by atoms with Crippen molar-refractivity contribution in [2.24, 2.45) is 5.10 Å². The number of benzene rings is 2. The Morgan fingerprint density at radius 1 is 1.11 bits per heavy atom. The lowest BCUT2D eigenvalue weighted by Gasteiger charge is -2.23. The molecule has 2 aromatic rings. The summed E-state index contributed by atoms with van der Waals surface area (Å²) in [6.45, 7) is 0.408. The zero-order chi connectivity index (χ0) is 19.8. The van der Waals surface area contributed by atoms with Crippen LogP contribution in [0.15, 0.2) is 47.6 Å².